The lowest BCUT2D eigenvalue weighted by Crippen LogP contribution is -2.42. The number of fused-ring (bicyclic) bond motifs is 1. The number of carboxylic acid groups (broad SMARTS) is 1. The van der Waals surface area contributed by atoms with Gasteiger partial charge in [0, 0.05) is 6.04 Å². The fraction of sp³-hybridized carbons (Fsp3) is 0.889. The molecule has 0 amide bonds. The summed E-state index contributed by atoms with van der Waals surface area (Å²) in [4.78, 5) is 10.7. The van der Waals surface area contributed by atoms with E-state index in [2.05, 4.69) is 5.32 Å². The van der Waals surface area contributed by atoms with Gasteiger partial charge in [0.1, 0.15) is 18.4 Å². The first kappa shape index (κ1) is 9.83. The van der Waals surface area contributed by atoms with Crippen LogP contribution in [0.15, 0.2) is 0 Å². The van der Waals surface area contributed by atoms with E-state index in [4.69, 9.17) is 5.11 Å². The van der Waals surface area contributed by atoms with Gasteiger partial charge in [0.2, 0.25) is 0 Å². The van der Waals surface area contributed by atoms with Gasteiger partial charge in [-0.2, -0.15) is 0 Å². The zero-order valence-electron chi connectivity index (χ0n) is 7.62. The number of carbonyl (C=O) groups is 1. The summed E-state index contributed by atoms with van der Waals surface area (Å²) >= 11 is 0. The van der Waals surface area contributed by atoms with Crippen molar-refractivity contribution in [2.75, 3.05) is 0 Å². The van der Waals surface area contributed by atoms with Gasteiger partial charge >= 0.3 is 5.97 Å². The highest BCUT2D eigenvalue weighted by molar-refractivity contribution is 5.74. The summed E-state index contributed by atoms with van der Waals surface area (Å²) in [5.41, 5.74) is 0. The number of rotatable bonds is 1. The second kappa shape index (κ2) is 3.46. The molecule has 80 valence electrons. The van der Waals surface area contributed by atoms with Crippen LogP contribution in [0, 0.1) is 5.92 Å². The normalized spacial score (nSPS) is 47.4. The molecule has 5 heteroatoms. The Morgan fingerprint density at radius 1 is 1.21 bits per heavy atom. The highest BCUT2D eigenvalue weighted by Gasteiger charge is 2.44. The molecular formula is C9H13F2NO2. The van der Waals surface area contributed by atoms with Gasteiger partial charge in [-0.1, -0.05) is 0 Å². The van der Waals surface area contributed by atoms with Crippen LogP contribution >= 0.6 is 0 Å². The van der Waals surface area contributed by atoms with Crippen molar-refractivity contribution in [2.45, 2.75) is 43.7 Å². The van der Waals surface area contributed by atoms with Gasteiger partial charge < -0.3 is 10.4 Å². The molecule has 0 aromatic heterocycles. The Morgan fingerprint density at radius 3 is 2.50 bits per heavy atom. The van der Waals surface area contributed by atoms with Gasteiger partial charge in [0.25, 0.3) is 0 Å². The first-order valence-electron chi connectivity index (χ1n) is 4.85. The number of nitrogens with one attached hydrogen (secondary N) is 1. The van der Waals surface area contributed by atoms with Crippen LogP contribution < -0.4 is 5.32 Å². The zero-order valence-corrected chi connectivity index (χ0v) is 7.62. The Kier molecular flexibility index (Phi) is 2.43. The predicted molar refractivity (Wildman–Crippen MR) is 45.5 cm³/mol. The fourth-order valence-corrected chi connectivity index (χ4v) is 2.45. The summed E-state index contributed by atoms with van der Waals surface area (Å²) in [6.45, 7) is 0. The van der Waals surface area contributed by atoms with Crippen LogP contribution in [0.4, 0.5) is 8.78 Å². The van der Waals surface area contributed by atoms with E-state index in [0.29, 0.717) is 6.42 Å². The zero-order chi connectivity index (χ0) is 10.3. The summed E-state index contributed by atoms with van der Waals surface area (Å²) in [7, 11) is 0. The molecule has 2 rings (SSSR count). The molecule has 0 spiro atoms. The van der Waals surface area contributed by atoms with E-state index in [0.717, 1.165) is 0 Å². The van der Waals surface area contributed by atoms with Crippen LogP contribution in [0.25, 0.3) is 0 Å². The molecule has 1 aliphatic carbocycles. The average molecular weight is 205 g/mol. The molecule has 0 radical (unpaired) electrons. The molecule has 1 saturated carbocycles. The van der Waals surface area contributed by atoms with E-state index < -0.39 is 24.4 Å². The van der Waals surface area contributed by atoms with Crippen molar-refractivity contribution in [3.05, 3.63) is 0 Å². The molecule has 5 atom stereocenters. The van der Waals surface area contributed by atoms with Crippen LogP contribution in [0.5, 0.6) is 0 Å². The lowest BCUT2D eigenvalue weighted by Gasteiger charge is -2.29. The molecule has 5 unspecified atom stereocenters. The van der Waals surface area contributed by atoms with Crippen molar-refractivity contribution >= 4 is 5.97 Å². The lowest BCUT2D eigenvalue weighted by atomic mass is 9.83. The molecule has 0 aromatic carbocycles. The van der Waals surface area contributed by atoms with Gasteiger partial charge in [0.05, 0.1) is 0 Å². The van der Waals surface area contributed by atoms with Crippen molar-refractivity contribution in [2.24, 2.45) is 5.92 Å². The Hall–Kier alpha value is -0.710. The number of hydrogen-bond acceptors (Lipinski definition) is 2. The molecule has 3 nitrogen and oxygen atoms in total. The summed E-state index contributed by atoms with van der Waals surface area (Å²) in [6, 6.07) is -0.777. The quantitative estimate of drug-likeness (QED) is 0.668. The Morgan fingerprint density at radius 2 is 1.86 bits per heavy atom. The SMILES string of the molecule is O=C(O)C1CC2CC(F)C(F)CC2N1. The molecular weight excluding hydrogens is 192 g/mol. The first-order valence-corrected chi connectivity index (χ1v) is 4.85. The Balaban J connectivity index is 2.01. The summed E-state index contributed by atoms with van der Waals surface area (Å²) in [5.74, 6) is -0.941. The van der Waals surface area contributed by atoms with E-state index in [9.17, 15) is 13.6 Å². The maximum absolute atomic E-state index is 13.0. The van der Waals surface area contributed by atoms with Crippen molar-refractivity contribution < 1.29 is 18.7 Å². The van der Waals surface area contributed by atoms with Crippen molar-refractivity contribution in [3.8, 4) is 0 Å². The van der Waals surface area contributed by atoms with Crippen LogP contribution in [0.3, 0.4) is 0 Å². The third kappa shape index (κ3) is 1.61. The van der Waals surface area contributed by atoms with Crippen LogP contribution in [-0.2, 0) is 4.79 Å². The molecule has 1 saturated heterocycles. The fourth-order valence-electron chi connectivity index (χ4n) is 2.45. The van der Waals surface area contributed by atoms with Gasteiger partial charge in [0.15, 0.2) is 0 Å². The molecule has 2 aliphatic rings. The average Bonchev–Trinajstić information content (AvgIpc) is 2.48. The number of halogens is 2. The topological polar surface area (TPSA) is 49.3 Å². The number of aliphatic carboxylic acids is 1. The molecule has 14 heavy (non-hydrogen) atoms. The summed E-state index contributed by atoms with van der Waals surface area (Å²) in [5, 5.41) is 11.6. The first-order chi connectivity index (χ1) is 6.58. The van der Waals surface area contributed by atoms with E-state index in [-0.39, 0.29) is 24.8 Å². The minimum atomic E-state index is -1.43. The predicted octanol–water partition coefficient (Wildman–Crippen LogP) is 0.888. The van der Waals surface area contributed by atoms with Crippen molar-refractivity contribution in [3.63, 3.8) is 0 Å². The minimum Gasteiger partial charge on any atom is -0.480 e. The molecule has 0 aromatic rings. The molecule has 1 aliphatic heterocycles. The van der Waals surface area contributed by atoms with E-state index >= 15 is 0 Å². The lowest BCUT2D eigenvalue weighted by molar-refractivity contribution is -0.139. The van der Waals surface area contributed by atoms with E-state index in [1.54, 1.807) is 0 Å². The van der Waals surface area contributed by atoms with Crippen LogP contribution in [0.2, 0.25) is 0 Å². The minimum absolute atomic E-state index is 0.0156. The molecule has 0 bridgehead atoms. The van der Waals surface area contributed by atoms with E-state index in [1.165, 1.54) is 0 Å². The highest BCUT2D eigenvalue weighted by Crippen LogP contribution is 2.36. The second-order valence-corrected chi connectivity index (χ2v) is 4.16. The van der Waals surface area contributed by atoms with E-state index in [1.807, 2.05) is 0 Å². The molecule has 2 fully saturated rings. The largest absolute Gasteiger partial charge is 0.480 e. The van der Waals surface area contributed by atoms with Gasteiger partial charge in [-0.15, -0.1) is 0 Å². The van der Waals surface area contributed by atoms with Gasteiger partial charge in [-0.3, -0.25) is 4.79 Å². The van der Waals surface area contributed by atoms with Crippen LogP contribution in [0.1, 0.15) is 19.3 Å². The monoisotopic (exact) mass is 205 g/mol. The van der Waals surface area contributed by atoms with Crippen molar-refractivity contribution in [1.29, 1.82) is 0 Å². The van der Waals surface area contributed by atoms with Crippen LogP contribution in [-0.4, -0.2) is 35.5 Å². The maximum Gasteiger partial charge on any atom is 0.320 e. The number of hydrogen-bond donors (Lipinski definition) is 2. The second-order valence-electron chi connectivity index (χ2n) is 4.16. The summed E-state index contributed by atoms with van der Waals surface area (Å²) in [6.07, 6.45) is -2.16. The highest BCUT2D eigenvalue weighted by atomic mass is 19.2. The third-order valence-corrected chi connectivity index (χ3v) is 3.22. The Bertz CT molecular complexity index is 231. The number of alkyl halides is 2. The molecule has 1 heterocycles. The van der Waals surface area contributed by atoms with Crippen molar-refractivity contribution in [1.82, 2.24) is 5.32 Å². The third-order valence-electron chi connectivity index (χ3n) is 3.22. The molecule has 2 N–H and O–H groups in total. The van der Waals surface area contributed by atoms with Gasteiger partial charge in [-0.05, 0) is 25.2 Å². The Labute approximate surface area is 80.5 Å². The maximum atomic E-state index is 13.0. The smallest absolute Gasteiger partial charge is 0.320 e. The van der Waals surface area contributed by atoms with Gasteiger partial charge in [-0.25, -0.2) is 8.78 Å². The standard InChI is InChI=1S/C9H13F2NO2/c10-5-1-4-2-8(9(13)14)12-7(4)3-6(5)11/h4-8,12H,1-3H2,(H,13,14). The summed E-state index contributed by atoms with van der Waals surface area (Å²) < 4.78 is 26.0. The number of carboxylic acids is 1.